The molecule has 0 amide bonds. The van der Waals surface area contributed by atoms with Crippen LogP contribution in [0.5, 0.6) is 0 Å². The highest BCUT2D eigenvalue weighted by Crippen LogP contribution is 2.12. The van der Waals surface area contributed by atoms with Crippen LogP contribution in [0.4, 0.5) is 11.5 Å². The van der Waals surface area contributed by atoms with Crippen LogP contribution in [0.2, 0.25) is 0 Å². The van der Waals surface area contributed by atoms with Gasteiger partial charge in [-0.25, -0.2) is 4.98 Å². The van der Waals surface area contributed by atoms with Crippen LogP contribution in [0.25, 0.3) is 0 Å². The Hall–Kier alpha value is -1.76. The molecule has 4 heteroatoms. The van der Waals surface area contributed by atoms with E-state index in [0.29, 0.717) is 0 Å². The number of nitrogen functional groups attached to an aromatic ring is 2. The van der Waals surface area contributed by atoms with Crippen LogP contribution in [0, 0.1) is 23.6 Å². The molecule has 2 radical (unpaired) electrons. The van der Waals surface area contributed by atoms with E-state index in [4.69, 9.17) is 16.7 Å². The molecule has 1 heterocycles. The van der Waals surface area contributed by atoms with Crippen molar-refractivity contribution in [1.29, 1.82) is 5.26 Å². The number of nitriles is 1. The Kier molecular flexibility index (Phi) is 1.42. The lowest BCUT2D eigenvalue weighted by Crippen LogP contribution is -1.99. The second-order valence-electron chi connectivity index (χ2n) is 1.63. The molecule has 0 spiro atoms. The van der Waals surface area contributed by atoms with E-state index < -0.39 is 0 Å². The summed E-state index contributed by atoms with van der Waals surface area (Å²) in [6.07, 6.45) is 2.33. The molecule has 4 N–H and O–H groups in total. The molecule has 1 rings (SSSR count). The molecule has 0 saturated heterocycles. The average molecular weight is 132 g/mol. The van der Waals surface area contributed by atoms with Gasteiger partial charge in [-0.2, -0.15) is 5.26 Å². The quantitative estimate of drug-likeness (QED) is 0.508. The zero-order valence-electron chi connectivity index (χ0n) is 5.05. The number of nitrogens with zero attached hydrogens (tertiary/aromatic N) is 2. The monoisotopic (exact) mass is 132 g/mol. The second kappa shape index (κ2) is 2.23. The zero-order valence-corrected chi connectivity index (χ0v) is 5.05. The number of rotatable bonds is 0. The van der Waals surface area contributed by atoms with Gasteiger partial charge in [-0.3, -0.25) is 0 Å². The van der Waals surface area contributed by atoms with Gasteiger partial charge < -0.3 is 11.5 Å². The number of hydrogen-bond donors (Lipinski definition) is 2. The van der Waals surface area contributed by atoms with Gasteiger partial charge in [0.15, 0.2) is 0 Å². The maximum absolute atomic E-state index is 8.42. The fourth-order valence-electron chi connectivity index (χ4n) is 0.522. The normalized spacial score (nSPS) is 8.70. The lowest BCUT2D eigenvalue weighted by atomic mass is 10.2. The largest absolute Gasteiger partial charge is 0.397 e. The summed E-state index contributed by atoms with van der Waals surface area (Å²) in [6.45, 7) is 0. The highest BCUT2D eigenvalue weighted by atomic mass is 14.8. The highest BCUT2D eigenvalue weighted by Gasteiger charge is 2.01. The molecule has 1 aromatic rings. The fraction of sp³-hybridized carbons (Fsp3) is 0. The second-order valence-corrected chi connectivity index (χ2v) is 1.63. The molecule has 48 valence electrons. The van der Waals surface area contributed by atoms with Gasteiger partial charge in [-0.15, -0.1) is 0 Å². The van der Waals surface area contributed by atoms with Crippen molar-refractivity contribution in [1.82, 2.24) is 4.98 Å². The molecule has 0 aromatic carbocycles. The summed E-state index contributed by atoms with van der Waals surface area (Å²) < 4.78 is 0. The van der Waals surface area contributed by atoms with E-state index in [9.17, 15) is 0 Å². The SMILES string of the molecule is N#Cc1c(N)[c][c]nc1N. The molecule has 0 aliphatic carbocycles. The van der Waals surface area contributed by atoms with Gasteiger partial charge in [0.25, 0.3) is 0 Å². The minimum Gasteiger partial charge on any atom is -0.397 e. The topological polar surface area (TPSA) is 88.7 Å². The van der Waals surface area contributed by atoms with Crippen molar-refractivity contribution >= 4 is 11.5 Å². The summed E-state index contributed by atoms with van der Waals surface area (Å²) in [4.78, 5) is 3.51. The summed E-state index contributed by atoms with van der Waals surface area (Å²) >= 11 is 0. The Labute approximate surface area is 58.1 Å². The Balaban J connectivity index is 3.34. The minimum atomic E-state index is 0.0961. The first-order valence-corrected chi connectivity index (χ1v) is 2.50. The smallest absolute Gasteiger partial charge is 0.144 e. The number of anilines is 2. The molecule has 4 nitrogen and oxygen atoms in total. The van der Waals surface area contributed by atoms with Crippen molar-refractivity contribution in [2.75, 3.05) is 11.5 Å². The van der Waals surface area contributed by atoms with Crippen molar-refractivity contribution in [3.63, 3.8) is 0 Å². The van der Waals surface area contributed by atoms with E-state index in [0.717, 1.165) is 0 Å². The van der Waals surface area contributed by atoms with Gasteiger partial charge >= 0.3 is 0 Å². The van der Waals surface area contributed by atoms with Crippen LogP contribution in [-0.2, 0) is 0 Å². The van der Waals surface area contributed by atoms with Crippen LogP contribution < -0.4 is 11.5 Å². The van der Waals surface area contributed by atoms with Crippen LogP contribution in [0.15, 0.2) is 0 Å². The molecule has 0 aliphatic rings. The maximum atomic E-state index is 8.42. The molecule has 0 atom stereocenters. The van der Waals surface area contributed by atoms with Crippen molar-refractivity contribution in [3.8, 4) is 6.07 Å². The fourth-order valence-corrected chi connectivity index (χ4v) is 0.522. The third kappa shape index (κ3) is 0.845. The van der Waals surface area contributed by atoms with Crippen LogP contribution in [-0.4, -0.2) is 4.98 Å². The van der Waals surface area contributed by atoms with E-state index in [2.05, 4.69) is 17.2 Å². The molecule has 10 heavy (non-hydrogen) atoms. The van der Waals surface area contributed by atoms with Crippen molar-refractivity contribution in [3.05, 3.63) is 17.8 Å². The maximum Gasteiger partial charge on any atom is 0.144 e. The van der Waals surface area contributed by atoms with Crippen molar-refractivity contribution in [2.24, 2.45) is 0 Å². The highest BCUT2D eigenvalue weighted by molar-refractivity contribution is 5.62. The van der Waals surface area contributed by atoms with Gasteiger partial charge in [0, 0.05) is 6.07 Å². The lowest BCUT2D eigenvalue weighted by molar-refractivity contribution is 1.29. The third-order valence-corrected chi connectivity index (χ3v) is 1.00. The summed E-state index contributed by atoms with van der Waals surface area (Å²) in [5.74, 6) is 0.0961. The zero-order chi connectivity index (χ0) is 7.56. The van der Waals surface area contributed by atoms with E-state index in [1.165, 1.54) is 0 Å². The van der Waals surface area contributed by atoms with E-state index in [1.807, 2.05) is 0 Å². The lowest BCUT2D eigenvalue weighted by Gasteiger charge is -1.95. The number of nitrogens with two attached hydrogens (primary N) is 2. The average Bonchev–Trinajstić information content (AvgIpc) is 1.88. The summed E-state index contributed by atoms with van der Waals surface area (Å²) in [7, 11) is 0. The van der Waals surface area contributed by atoms with Crippen molar-refractivity contribution in [2.45, 2.75) is 0 Å². The predicted molar refractivity (Wildman–Crippen MR) is 35.4 cm³/mol. The molecule has 0 unspecified atom stereocenters. The first kappa shape index (κ1) is 6.36. The first-order valence-electron chi connectivity index (χ1n) is 2.50. The molecule has 0 fully saturated rings. The number of hydrogen-bond acceptors (Lipinski definition) is 4. The van der Waals surface area contributed by atoms with Gasteiger partial charge in [-0.05, 0) is 0 Å². The summed E-state index contributed by atoms with van der Waals surface area (Å²) in [6, 6.07) is 4.23. The Bertz CT molecular complexity index is 266. The molecule has 0 bridgehead atoms. The van der Waals surface area contributed by atoms with E-state index >= 15 is 0 Å². The summed E-state index contributed by atoms with van der Waals surface area (Å²) in [5, 5.41) is 8.42. The predicted octanol–water partition coefficient (Wildman–Crippen LogP) is -0.282. The third-order valence-electron chi connectivity index (χ3n) is 1.00. The molecule has 0 aliphatic heterocycles. The van der Waals surface area contributed by atoms with Gasteiger partial charge in [0.2, 0.25) is 0 Å². The van der Waals surface area contributed by atoms with E-state index in [-0.39, 0.29) is 17.1 Å². The molecule has 1 aromatic heterocycles. The van der Waals surface area contributed by atoms with Gasteiger partial charge in [0.05, 0.1) is 5.69 Å². The summed E-state index contributed by atoms with van der Waals surface area (Å²) in [5.41, 5.74) is 10.9. The van der Waals surface area contributed by atoms with Crippen LogP contribution >= 0.6 is 0 Å². The van der Waals surface area contributed by atoms with Gasteiger partial charge in [0.1, 0.15) is 23.6 Å². The Morgan fingerprint density at radius 3 is 2.60 bits per heavy atom. The Morgan fingerprint density at radius 2 is 2.20 bits per heavy atom. The van der Waals surface area contributed by atoms with Gasteiger partial charge in [-0.1, -0.05) is 0 Å². The Morgan fingerprint density at radius 1 is 1.50 bits per heavy atom. The minimum absolute atomic E-state index is 0.0961. The van der Waals surface area contributed by atoms with E-state index in [1.54, 1.807) is 6.07 Å². The van der Waals surface area contributed by atoms with Crippen molar-refractivity contribution < 1.29 is 0 Å². The first-order chi connectivity index (χ1) is 4.75. The van der Waals surface area contributed by atoms with Crippen LogP contribution in [0.1, 0.15) is 5.56 Å². The molecular formula is C6H4N4. The molecule has 0 saturated carbocycles. The number of aromatic nitrogens is 1. The van der Waals surface area contributed by atoms with Crippen LogP contribution in [0.3, 0.4) is 0 Å². The standard InChI is InChI=1S/C6H4N4/c7-3-4-5(8)1-2-10-6(4)9/h(H4,8,9,10). The molecular weight excluding hydrogens is 128 g/mol. The number of pyridine rings is 1.